The highest BCUT2D eigenvalue weighted by molar-refractivity contribution is 6.05. The number of carbonyl (C=O) groups excluding carboxylic acids is 1. The van der Waals surface area contributed by atoms with Crippen LogP contribution >= 0.6 is 0 Å². The van der Waals surface area contributed by atoms with Gasteiger partial charge in [0.1, 0.15) is 6.61 Å². The van der Waals surface area contributed by atoms with Crippen LogP contribution in [-0.4, -0.2) is 22.8 Å². The molecule has 3 aromatic carbocycles. The van der Waals surface area contributed by atoms with Crippen LogP contribution in [-0.2, 0) is 13.2 Å². The van der Waals surface area contributed by atoms with Gasteiger partial charge in [-0.1, -0.05) is 54.1 Å². The van der Waals surface area contributed by atoms with Crippen LogP contribution in [0.1, 0.15) is 38.4 Å². The number of anilines is 1. The molecule has 4 aromatic rings. The highest BCUT2D eigenvalue weighted by Crippen LogP contribution is 2.27. The largest absolute Gasteiger partial charge is 0.493 e. The summed E-state index contributed by atoms with van der Waals surface area (Å²) in [4.78, 5) is 13.0. The smallest absolute Gasteiger partial charge is 0.255 e. The molecule has 0 bridgehead atoms. The maximum absolute atomic E-state index is 13.0. The van der Waals surface area contributed by atoms with Crippen LogP contribution in [0, 0.1) is 20.8 Å². The number of para-hydroxylation sites is 2. The zero-order valence-corrected chi connectivity index (χ0v) is 20.0. The van der Waals surface area contributed by atoms with E-state index in [1.54, 1.807) is 13.2 Å². The van der Waals surface area contributed by atoms with Crippen LogP contribution in [0.5, 0.6) is 11.5 Å². The quantitative estimate of drug-likeness (QED) is 0.370. The third-order valence-electron chi connectivity index (χ3n) is 5.73. The number of hydrogen-bond donors (Lipinski definition) is 1. The molecule has 0 aliphatic rings. The van der Waals surface area contributed by atoms with Gasteiger partial charge in [-0.15, -0.1) is 0 Å². The highest BCUT2D eigenvalue weighted by atomic mass is 16.5. The lowest BCUT2D eigenvalue weighted by Crippen LogP contribution is -2.14. The van der Waals surface area contributed by atoms with E-state index in [-0.39, 0.29) is 5.91 Å². The summed E-state index contributed by atoms with van der Waals surface area (Å²) in [6, 6.07) is 23.3. The molecule has 1 aromatic heterocycles. The Morgan fingerprint density at radius 1 is 0.912 bits per heavy atom. The predicted molar refractivity (Wildman–Crippen MR) is 134 cm³/mol. The van der Waals surface area contributed by atoms with Gasteiger partial charge in [-0.25, -0.2) is 0 Å². The number of aromatic nitrogens is 2. The van der Waals surface area contributed by atoms with Gasteiger partial charge in [0.2, 0.25) is 0 Å². The van der Waals surface area contributed by atoms with Crippen molar-refractivity contribution in [3.05, 3.63) is 106 Å². The molecule has 0 radical (unpaired) electrons. The predicted octanol–water partition coefficient (Wildman–Crippen LogP) is 5.70. The van der Waals surface area contributed by atoms with Crippen molar-refractivity contribution in [2.75, 3.05) is 12.4 Å². The molecule has 0 unspecified atom stereocenters. The Hall–Kier alpha value is -4.06. The summed E-state index contributed by atoms with van der Waals surface area (Å²) in [6.07, 6.45) is 0. The lowest BCUT2D eigenvalue weighted by atomic mass is 10.1. The van der Waals surface area contributed by atoms with Crippen LogP contribution in [0.25, 0.3) is 0 Å². The van der Waals surface area contributed by atoms with E-state index >= 15 is 0 Å². The summed E-state index contributed by atoms with van der Waals surface area (Å²) in [5.74, 6) is 1.15. The molecule has 0 spiro atoms. The fraction of sp³-hybridized carbons (Fsp3) is 0.214. The first kappa shape index (κ1) is 23.1. The Morgan fingerprint density at radius 2 is 1.65 bits per heavy atom. The molecular weight excluding hydrogens is 426 g/mol. The molecule has 0 aliphatic carbocycles. The van der Waals surface area contributed by atoms with Crippen LogP contribution in [0.15, 0.2) is 72.8 Å². The molecule has 1 heterocycles. The van der Waals surface area contributed by atoms with E-state index in [1.807, 2.05) is 61.0 Å². The summed E-state index contributed by atoms with van der Waals surface area (Å²) in [7, 11) is 1.61. The van der Waals surface area contributed by atoms with Crippen molar-refractivity contribution in [2.45, 2.75) is 33.9 Å². The van der Waals surface area contributed by atoms with Crippen molar-refractivity contribution < 1.29 is 14.3 Å². The summed E-state index contributed by atoms with van der Waals surface area (Å²) in [5, 5.41) is 7.69. The van der Waals surface area contributed by atoms with E-state index in [0.717, 1.165) is 28.2 Å². The Bertz CT molecular complexity index is 1290. The van der Waals surface area contributed by atoms with E-state index in [0.29, 0.717) is 30.2 Å². The summed E-state index contributed by atoms with van der Waals surface area (Å²) < 4.78 is 13.2. The Morgan fingerprint density at radius 3 is 2.38 bits per heavy atom. The number of benzene rings is 3. The van der Waals surface area contributed by atoms with E-state index < -0.39 is 0 Å². The van der Waals surface area contributed by atoms with E-state index in [1.165, 1.54) is 5.56 Å². The van der Waals surface area contributed by atoms with E-state index in [9.17, 15) is 4.79 Å². The lowest BCUT2D eigenvalue weighted by Gasteiger charge is -2.11. The van der Waals surface area contributed by atoms with Gasteiger partial charge in [0, 0.05) is 5.56 Å². The van der Waals surface area contributed by atoms with Crippen molar-refractivity contribution in [3.8, 4) is 11.5 Å². The minimum atomic E-state index is -0.180. The van der Waals surface area contributed by atoms with Crippen molar-refractivity contribution in [3.63, 3.8) is 0 Å². The summed E-state index contributed by atoms with van der Waals surface area (Å²) in [6.45, 7) is 6.93. The first-order chi connectivity index (χ1) is 16.4. The second kappa shape index (κ2) is 10.3. The normalized spacial score (nSPS) is 10.7. The fourth-order valence-corrected chi connectivity index (χ4v) is 3.79. The molecular formula is C28H29N3O3. The van der Waals surface area contributed by atoms with Gasteiger partial charge in [0.05, 0.1) is 30.7 Å². The third-order valence-corrected chi connectivity index (χ3v) is 5.73. The van der Waals surface area contributed by atoms with Gasteiger partial charge in [-0.05, 0) is 56.2 Å². The number of nitrogens with zero attached hydrogens (tertiary/aromatic N) is 2. The van der Waals surface area contributed by atoms with Crippen molar-refractivity contribution in [2.24, 2.45) is 0 Å². The number of carbonyl (C=O) groups is 1. The van der Waals surface area contributed by atoms with Crippen molar-refractivity contribution >= 4 is 11.6 Å². The van der Waals surface area contributed by atoms with Gasteiger partial charge < -0.3 is 14.8 Å². The second-order valence-corrected chi connectivity index (χ2v) is 8.28. The minimum Gasteiger partial charge on any atom is -0.493 e. The van der Waals surface area contributed by atoms with Crippen molar-refractivity contribution in [1.29, 1.82) is 0 Å². The topological polar surface area (TPSA) is 65.4 Å². The number of hydrogen-bond acceptors (Lipinski definition) is 4. The zero-order valence-electron chi connectivity index (χ0n) is 20.0. The van der Waals surface area contributed by atoms with E-state index in [4.69, 9.17) is 9.47 Å². The molecule has 0 saturated carbocycles. The Labute approximate surface area is 200 Å². The number of amides is 1. The number of ether oxygens (including phenoxy) is 2. The van der Waals surface area contributed by atoms with E-state index in [2.05, 4.69) is 41.6 Å². The molecule has 174 valence electrons. The van der Waals surface area contributed by atoms with Crippen LogP contribution in [0.4, 0.5) is 5.69 Å². The first-order valence-electron chi connectivity index (χ1n) is 11.2. The Kier molecular flexibility index (Phi) is 6.97. The maximum atomic E-state index is 13.0. The number of rotatable bonds is 8. The average molecular weight is 456 g/mol. The fourth-order valence-electron chi connectivity index (χ4n) is 3.79. The van der Waals surface area contributed by atoms with Gasteiger partial charge in [0.15, 0.2) is 11.5 Å². The monoisotopic (exact) mass is 455 g/mol. The highest BCUT2D eigenvalue weighted by Gasteiger charge is 2.16. The minimum absolute atomic E-state index is 0.180. The molecule has 6 nitrogen and oxygen atoms in total. The van der Waals surface area contributed by atoms with Crippen molar-refractivity contribution in [1.82, 2.24) is 9.78 Å². The van der Waals surface area contributed by atoms with Crippen LogP contribution in [0.2, 0.25) is 0 Å². The van der Waals surface area contributed by atoms with Gasteiger partial charge >= 0.3 is 0 Å². The number of aryl methyl sites for hydroxylation is 2. The number of methoxy groups -OCH3 is 1. The van der Waals surface area contributed by atoms with Gasteiger partial charge in [-0.3, -0.25) is 9.48 Å². The zero-order chi connectivity index (χ0) is 24.1. The first-order valence-corrected chi connectivity index (χ1v) is 11.2. The molecule has 1 N–H and O–H groups in total. The molecule has 4 rings (SSSR count). The molecule has 0 fully saturated rings. The molecule has 1 amide bonds. The molecule has 6 heteroatoms. The molecule has 0 atom stereocenters. The SMILES string of the molecule is COc1ccccc1OCc1cccc(C(=O)Nc2c(C)nn(Cc3ccc(C)cc3)c2C)c1. The standard InChI is InChI=1S/C28H29N3O3/c1-19-12-14-22(15-13-19)17-31-21(3)27(20(2)30-31)29-28(32)24-9-7-8-23(16-24)18-34-26-11-6-5-10-25(26)33-4/h5-16H,17-18H2,1-4H3,(H,29,32). The third kappa shape index (κ3) is 5.29. The lowest BCUT2D eigenvalue weighted by molar-refractivity contribution is 0.102. The number of nitrogens with one attached hydrogen (secondary N) is 1. The maximum Gasteiger partial charge on any atom is 0.255 e. The summed E-state index contributed by atoms with van der Waals surface area (Å²) >= 11 is 0. The van der Waals surface area contributed by atoms with Gasteiger partial charge in [-0.2, -0.15) is 5.10 Å². The van der Waals surface area contributed by atoms with Crippen LogP contribution in [0.3, 0.4) is 0 Å². The second-order valence-electron chi connectivity index (χ2n) is 8.28. The Balaban J connectivity index is 1.45. The molecule has 34 heavy (non-hydrogen) atoms. The average Bonchev–Trinajstić information content (AvgIpc) is 3.11. The molecule has 0 aliphatic heterocycles. The summed E-state index contributed by atoms with van der Waals surface area (Å²) in [5.41, 5.74) is 6.29. The van der Waals surface area contributed by atoms with Gasteiger partial charge in [0.25, 0.3) is 5.91 Å². The van der Waals surface area contributed by atoms with Crippen LogP contribution < -0.4 is 14.8 Å². The molecule has 0 saturated heterocycles.